The van der Waals surface area contributed by atoms with Crippen molar-refractivity contribution in [3.63, 3.8) is 0 Å². The largest absolute Gasteiger partial charge is 0.468 e. The number of nitrogens with zero attached hydrogens (tertiary/aromatic N) is 3. The summed E-state index contributed by atoms with van der Waals surface area (Å²) in [7, 11) is 1.68. The highest BCUT2D eigenvalue weighted by atomic mass is 19.4. The van der Waals surface area contributed by atoms with Gasteiger partial charge in [0.25, 0.3) is 0 Å². The molecule has 2 rings (SSSR count). The zero-order valence-electron chi connectivity index (χ0n) is 15.1. The number of halogens is 3. The highest BCUT2D eigenvalue weighted by molar-refractivity contribution is 5.80. The molecular formula is C17H25F3N4O2. The Morgan fingerprint density at radius 3 is 2.73 bits per heavy atom. The van der Waals surface area contributed by atoms with Crippen LogP contribution in [0.2, 0.25) is 0 Å². The van der Waals surface area contributed by atoms with Crippen molar-refractivity contribution in [2.24, 2.45) is 4.99 Å². The quantitative estimate of drug-likeness (QED) is 0.613. The van der Waals surface area contributed by atoms with Gasteiger partial charge >= 0.3 is 6.18 Å². The van der Waals surface area contributed by atoms with E-state index in [1.165, 1.54) is 6.20 Å². The van der Waals surface area contributed by atoms with Crippen LogP contribution in [0.1, 0.15) is 25.3 Å². The van der Waals surface area contributed by atoms with Crippen LogP contribution in [0.15, 0.2) is 23.3 Å². The first-order valence-corrected chi connectivity index (χ1v) is 8.63. The van der Waals surface area contributed by atoms with Gasteiger partial charge in [-0.15, -0.1) is 0 Å². The third-order valence-electron chi connectivity index (χ3n) is 4.02. The van der Waals surface area contributed by atoms with Gasteiger partial charge in [0.2, 0.25) is 5.88 Å². The zero-order valence-corrected chi connectivity index (χ0v) is 15.1. The van der Waals surface area contributed by atoms with E-state index in [1.54, 1.807) is 19.2 Å². The molecule has 26 heavy (non-hydrogen) atoms. The van der Waals surface area contributed by atoms with Crippen molar-refractivity contribution in [1.29, 1.82) is 0 Å². The average molecular weight is 374 g/mol. The Kier molecular flexibility index (Phi) is 7.50. The molecule has 1 fully saturated rings. The summed E-state index contributed by atoms with van der Waals surface area (Å²) in [4.78, 5) is 10.3. The lowest BCUT2D eigenvalue weighted by atomic mass is 10.1. The van der Waals surface area contributed by atoms with Crippen molar-refractivity contribution in [2.45, 2.75) is 38.6 Å². The summed E-state index contributed by atoms with van der Waals surface area (Å²) in [6.07, 6.45) is -0.885. The van der Waals surface area contributed by atoms with Gasteiger partial charge in [0.05, 0.1) is 6.10 Å². The van der Waals surface area contributed by atoms with Crippen LogP contribution in [-0.4, -0.2) is 61.5 Å². The number of aliphatic imine (C=N–C) groups is 1. The molecule has 1 N–H and O–H groups in total. The Labute approximate surface area is 151 Å². The number of hydrogen-bond acceptors (Lipinski definition) is 4. The molecule has 6 nitrogen and oxygen atoms in total. The number of aromatic nitrogens is 1. The maximum Gasteiger partial charge on any atom is 0.422 e. The molecule has 1 saturated heterocycles. The molecule has 0 amide bonds. The van der Waals surface area contributed by atoms with E-state index in [1.807, 2.05) is 6.92 Å². The van der Waals surface area contributed by atoms with E-state index in [9.17, 15) is 13.2 Å². The summed E-state index contributed by atoms with van der Waals surface area (Å²) in [5.41, 5.74) is 0.544. The van der Waals surface area contributed by atoms with Crippen molar-refractivity contribution in [2.75, 3.05) is 33.4 Å². The molecular weight excluding hydrogens is 349 g/mol. The van der Waals surface area contributed by atoms with E-state index in [0.29, 0.717) is 18.1 Å². The zero-order chi connectivity index (χ0) is 19.0. The Morgan fingerprint density at radius 2 is 2.12 bits per heavy atom. The number of pyridine rings is 1. The minimum atomic E-state index is -4.40. The Balaban J connectivity index is 1.91. The molecule has 0 aromatic carbocycles. The molecule has 0 spiro atoms. The van der Waals surface area contributed by atoms with E-state index in [2.05, 4.69) is 20.2 Å². The van der Waals surface area contributed by atoms with E-state index in [0.717, 1.165) is 25.9 Å². The fraction of sp³-hybridized carbons (Fsp3) is 0.647. The van der Waals surface area contributed by atoms with Gasteiger partial charge < -0.3 is 19.7 Å². The molecule has 0 radical (unpaired) electrons. The number of guanidine groups is 1. The maximum absolute atomic E-state index is 12.4. The van der Waals surface area contributed by atoms with Gasteiger partial charge in [0.15, 0.2) is 12.6 Å². The molecule has 0 unspecified atom stereocenters. The topological polar surface area (TPSA) is 59.0 Å². The van der Waals surface area contributed by atoms with Crippen LogP contribution < -0.4 is 10.1 Å². The van der Waals surface area contributed by atoms with Crippen LogP contribution in [0.5, 0.6) is 5.88 Å². The number of piperidine rings is 1. The molecule has 1 aliphatic heterocycles. The fourth-order valence-corrected chi connectivity index (χ4v) is 2.82. The lowest BCUT2D eigenvalue weighted by molar-refractivity contribution is -0.154. The molecule has 9 heteroatoms. The van der Waals surface area contributed by atoms with Crippen molar-refractivity contribution in [1.82, 2.24) is 15.2 Å². The summed E-state index contributed by atoms with van der Waals surface area (Å²) < 4.78 is 47.5. The van der Waals surface area contributed by atoms with E-state index < -0.39 is 12.8 Å². The predicted octanol–water partition coefficient (Wildman–Crippen LogP) is 2.60. The second kappa shape index (κ2) is 9.61. The van der Waals surface area contributed by atoms with Gasteiger partial charge in [-0.1, -0.05) is 6.07 Å². The average Bonchev–Trinajstić information content (AvgIpc) is 2.62. The summed E-state index contributed by atoms with van der Waals surface area (Å²) >= 11 is 0. The summed E-state index contributed by atoms with van der Waals surface area (Å²) in [6, 6.07) is 3.34. The molecule has 1 aliphatic rings. The Bertz CT molecular complexity index is 588. The number of alkyl halides is 3. The van der Waals surface area contributed by atoms with Gasteiger partial charge in [-0.05, 0) is 25.8 Å². The van der Waals surface area contributed by atoms with E-state index >= 15 is 0 Å². The van der Waals surface area contributed by atoms with Crippen LogP contribution >= 0.6 is 0 Å². The smallest absolute Gasteiger partial charge is 0.422 e. The number of hydrogen-bond donors (Lipinski definition) is 1. The molecule has 0 aliphatic carbocycles. The molecule has 2 heterocycles. The third-order valence-corrected chi connectivity index (χ3v) is 4.02. The van der Waals surface area contributed by atoms with Crippen molar-refractivity contribution in [3.8, 4) is 5.88 Å². The van der Waals surface area contributed by atoms with Gasteiger partial charge in [0, 0.05) is 45.0 Å². The van der Waals surface area contributed by atoms with Crippen LogP contribution in [0.3, 0.4) is 0 Å². The standard InChI is InChI=1S/C17H25F3N4O2/c1-3-25-14-6-9-24(10-7-14)16(21-2)23-11-13-5-4-8-22-15(13)26-12-17(18,19)20/h4-5,8,14H,3,6-7,9-12H2,1-2H3,(H,21,23). The first-order valence-electron chi connectivity index (χ1n) is 8.63. The lowest BCUT2D eigenvalue weighted by Crippen LogP contribution is -2.46. The summed E-state index contributed by atoms with van der Waals surface area (Å²) in [5.74, 6) is 0.674. The maximum atomic E-state index is 12.4. The minimum absolute atomic E-state index is 0.0252. The number of rotatable bonds is 6. The highest BCUT2D eigenvalue weighted by Gasteiger charge is 2.29. The summed E-state index contributed by atoms with van der Waals surface area (Å²) in [5, 5.41) is 3.17. The molecule has 146 valence electrons. The summed E-state index contributed by atoms with van der Waals surface area (Å²) in [6.45, 7) is 3.23. The van der Waals surface area contributed by atoms with Crippen molar-refractivity contribution in [3.05, 3.63) is 23.9 Å². The minimum Gasteiger partial charge on any atom is -0.468 e. The molecule has 0 atom stereocenters. The van der Waals surface area contributed by atoms with Gasteiger partial charge in [0.1, 0.15) is 0 Å². The first kappa shape index (κ1) is 20.3. The highest BCUT2D eigenvalue weighted by Crippen LogP contribution is 2.20. The molecule has 0 bridgehead atoms. The van der Waals surface area contributed by atoms with Crippen LogP contribution in [0, 0.1) is 0 Å². The fourth-order valence-electron chi connectivity index (χ4n) is 2.82. The molecule has 1 aromatic rings. The van der Waals surface area contributed by atoms with E-state index in [4.69, 9.17) is 9.47 Å². The van der Waals surface area contributed by atoms with Crippen molar-refractivity contribution < 1.29 is 22.6 Å². The van der Waals surface area contributed by atoms with Gasteiger partial charge in [-0.25, -0.2) is 4.98 Å². The van der Waals surface area contributed by atoms with Crippen LogP contribution in [0.4, 0.5) is 13.2 Å². The SMILES string of the molecule is CCOC1CCN(C(=NC)NCc2cccnc2OCC(F)(F)F)CC1. The number of ether oxygens (including phenoxy) is 2. The molecule has 0 saturated carbocycles. The number of likely N-dealkylation sites (tertiary alicyclic amines) is 1. The second-order valence-corrected chi connectivity index (χ2v) is 5.91. The van der Waals surface area contributed by atoms with Gasteiger partial charge in [-0.2, -0.15) is 13.2 Å². The third kappa shape index (κ3) is 6.36. The lowest BCUT2D eigenvalue weighted by Gasteiger charge is -2.34. The van der Waals surface area contributed by atoms with Crippen molar-refractivity contribution >= 4 is 5.96 Å². The number of nitrogens with one attached hydrogen (secondary N) is 1. The predicted molar refractivity (Wildman–Crippen MR) is 92.2 cm³/mol. The van der Waals surface area contributed by atoms with Crippen LogP contribution in [-0.2, 0) is 11.3 Å². The molecule has 1 aromatic heterocycles. The second-order valence-electron chi connectivity index (χ2n) is 5.91. The normalized spacial score (nSPS) is 16.7. The van der Waals surface area contributed by atoms with E-state index in [-0.39, 0.29) is 18.5 Å². The Morgan fingerprint density at radius 1 is 1.38 bits per heavy atom. The monoisotopic (exact) mass is 374 g/mol. The Hall–Kier alpha value is -2.03. The first-order chi connectivity index (χ1) is 12.4. The van der Waals surface area contributed by atoms with Crippen LogP contribution in [0.25, 0.3) is 0 Å². The van der Waals surface area contributed by atoms with Gasteiger partial charge in [-0.3, -0.25) is 4.99 Å².